The number of aromatic nitrogens is 2. The van der Waals surface area contributed by atoms with Crippen LogP contribution in [0.15, 0.2) is 30.3 Å². The van der Waals surface area contributed by atoms with E-state index in [-0.39, 0.29) is 44.2 Å². The zero-order valence-electron chi connectivity index (χ0n) is 17.8. The van der Waals surface area contributed by atoms with Crippen molar-refractivity contribution in [1.82, 2.24) is 13.6 Å². The molecule has 0 unspecified atom stereocenters. The minimum atomic E-state index is -5.80. The number of hydrogen-bond acceptors (Lipinski definition) is 7. The smallest absolute Gasteiger partial charge is 0.426 e. The van der Waals surface area contributed by atoms with Crippen molar-refractivity contribution >= 4 is 34.5 Å². The first-order chi connectivity index (χ1) is 16.4. The molecule has 2 aromatic rings. The molecule has 0 N–H and O–H groups in total. The molecule has 0 bridgehead atoms. The van der Waals surface area contributed by atoms with Gasteiger partial charge in [0.2, 0.25) is 10.9 Å². The van der Waals surface area contributed by atoms with E-state index < -0.39 is 35.4 Å². The van der Waals surface area contributed by atoms with E-state index in [4.69, 9.17) is 0 Å². The maximum Gasteiger partial charge on any atom is 0.434 e. The van der Waals surface area contributed by atoms with E-state index in [9.17, 15) is 39.6 Å². The molecule has 0 atom stereocenters. The maximum atomic E-state index is 12.6. The van der Waals surface area contributed by atoms with Crippen LogP contribution in [0.2, 0.25) is 0 Å². The third kappa shape index (κ3) is 7.19. The molecule has 1 aliphatic rings. The second kappa shape index (κ2) is 11.0. The molecule has 0 aliphatic carbocycles. The van der Waals surface area contributed by atoms with Gasteiger partial charge in [-0.2, -0.15) is 35.1 Å². The summed E-state index contributed by atoms with van der Waals surface area (Å²) in [5.41, 5.74) is 1.34. The van der Waals surface area contributed by atoms with Crippen LogP contribution in [-0.4, -0.2) is 66.2 Å². The lowest BCUT2D eigenvalue weighted by molar-refractivity contribution is -0.308. The number of thiol groups is 1. The molecule has 1 aromatic carbocycles. The Morgan fingerprint density at radius 3 is 2.23 bits per heavy atom. The van der Waals surface area contributed by atoms with Crippen LogP contribution in [0.3, 0.4) is 0 Å². The van der Waals surface area contributed by atoms with Gasteiger partial charge in [-0.15, -0.1) is 0 Å². The number of amides is 1. The highest BCUT2D eigenvalue weighted by atomic mass is 32.2. The van der Waals surface area contributed by atoms with Gasteiger partial charge in [-0.1, -0.05) is 30.3 Å². The van der Waals surface area contributed by atoms with Crippen molar-refractivity contribution in [3.8, 4) is 0 Å². The Labute approximate surface area is 201 Å². The Hall–Kier alpha value is -2.62. The van der Waals surface area contributed by atoms with E-state index in [1.54, 1.807) is 0 Å². The van der Waals surface area contributed by atoms with Gasteiger partial charge in [0, 0.05) is 26.1 Å². The quantitative estimate of drug-likeness (QED) is 0.420. The largest absolute Gasteiger partial charge is 0.434 e. The zero-order valence-corrected chi connectivity index (χ0v) is 19.5. The fourth-order valence-corrected chi connectivity index (χ4v) is 4.87. The normalized spacial score (nSPS) is 15.6. The van der Waals surface area contributed by atoms with E-state index in [0.29, 0.717) is 12.1 Å². The van der Waals surface area contributed by atoms with Gasteiger partial charge in [0.05, 0.1) is 11.7 Å². The summed E-state index contributed by atoms with van der Waals surface area (Å²) >= 11 is 0.845. The average Bonchev–Trinajstić information content (AvgIpc) is 3.22. The van der Waals surface area contributed by atoms with E-state index in [0.717, 1.165) is 26.5 Å². The molecule has 0 radical (unpaired) electrons. The van der Waals surface area contributed by atoms with Gasteiger partial charge in [-0.3, -0.25) is 4.31 Å². The highest BCUT2D eigenvalue weighted by Crippen LogP contribution is 2.36. The van der Waals surface area contributed by atoms with Crippen LogP contribution >= 0.6 is 11.7 Å². The summed E-state index contributed by atoms with van der Waals surface area (Å²) in [5, 5.41) is 0. The molecule has 2 heterocycles. The first-order valence-electron chi connectivity index (χ1n) is 10.2. The summed E-state index contributed by atoms with van der Waals surface area (Å²) in [4.78, 5) is 12.7. The lowest BCUT2D eigenvalue weighted by Crippen LogP contribution is -2.49. The van der Waals surface area contributed by atoms with Crippen molar-refractivity contribution in [3.05, 3.63) is 41.6 Å². The summed E-state index contributed by atoms with van der Waals surface area (Å²) in [6.07, 6.45) is -16.9. The maximum absolute atomic E-state index is 12.6. The first-order valence-corrected chi connectivity index (χ1v) is 12.1. The number of alkyl halides is 6. The van der Waals surface area contributed by atoms with Crippen LogP contribution in [0, 0.1) is 5.92 Å². The molecule has 194 valence electrons. The molecular formula is C19H20F6N4O4S2. The summed E-state index contributed by atoms with van der Waals surface area (Å²) in [7, 11) is -3.11. The Balaban J connectivity index is 1.61. The minimum Gasteiger partial charge on any atom is -0.426 e. The van der Waals surface area contributed by atoms with Crippen molar-refractivity contribution in [1.29, 1.82) is 0 Å². The van der Waals surface area contributed by atoms with Crippen molar-refractivity contribution < 1.29 is 44.3 Å². The molecule has 1 aliphatic heterocycles. The van der Waals surface area contributed by atoms with Gasteiger partial charge in [0.15, 0.2) is 5.82 Å². The predicted octanol–water partition coefficient (Wildman–Crippen LogP) is 3.80. The van der Waals surface area contributed by atoms with Crippen molar-refractivity contribution in [2.75, 3.05) is 23.9 Å². The molecule has 3 rings (SSSR count). The Bertz CT molecular complexity index is 1050. The third-order valence-corrected chi connectivity index (χ3v) is 6.61. The number of carbonyl (C=O) groups excluding carboxylic acids is 1. The van der Waals surface area contributed by atoms with Crippen LogP contribution in [0.4, 0.5) is 37.0 Å². The number of anilines is 1. The number of benzene rings is 1. The number of likely N-dealkylation sites (tertiary alicyclic amines) is 1. The third-order valence-electron chi connectivity index (χ3n) is 5.31. The standard InChI is InChI=1S/C19H20F6N4O4S2/c20-18(21,22)16(19(23,24)25)33-17(30)28-8-6-13(7-9-28)11-29(35(31)32)15-14(26-34-27-15)10-12-4-2-1-3-5-12/h1-5,13,16,35H,6-11H2. The van der Waals surface area contributed by atoms with Gasteiger partial charge in [0.1, 0.15) is 5.69 Å². The number of ether oxygens (including phenoxy) is 1. The summed E-state index contributed by atoms with van der Waals surface area (Å²) in [6, 6.07) is 9.18. The molecular weight excluding hydrogens is 526 g/mol. The number of carbonyl (C=O) groups is 1. The summed E-state index contributed by atoms with van der Waals surface area (Å²) < 4.78 is 113. The topological polar surface area (TPSA) is 92.7 Å². The number of nitrogens with zero attached hydrogens (tertiary/aromatic N) is 4. The second-order valence-electron chi connectivity index (χ2n) is 7.79. The van der Waals surface area contributed by atoms with Gasteiger partial charge in [-0.05, 0) is 24.3 Å². The van der Waals surface area contributed by atoms with Crippen LogP contribution in [0.1, 0.15) is 24.1 Å². The van der Waals surface area contributed by atoms with Gasteiger partial charge < -0.3 is 9.64 Å². The van der Waals surface area contributed by atoms with E-state index in [1.165, 1.54) is 0 Å². The molecule has 8 nitrogen and oxygen atoms in total. The molecule has 1 amide bonds. The highest BCUT2D eigenvalue weighted by molar-refractivity contribution is 7.74. The van der Waals surface area contributed by atoms with E-state index >= 15 is 0 Å². The van der Waals surface area contributed by atoms with Crippen molar-refractivity contribution in [2.24, 2.45) is 5.92 Å². The van der Waals surface area contributed by atoms with Gasteiger partial charge in [0.25, 0.3) is 6.10 Å². The predicted molar refractivity (Wildman–Crippen MR) is 113 cm³/mol. The monoisotopic (exact) mass is 546 g/mol. The first kappa shape index (κ1) is 27.0. The Kier molecular flexibility index (Phi) is 8.46. The summed E-state index contributed by atoms with van der Waals surface area (Å²) in [6.45, 7) is -0.411. The minimum absolute atomic E-state index is 0.0253. The fourth-order valence-electron chi connectivity index (χ4n) is 3.57. The zero-order chi connectivity index (χ0) is 25.8. The number of rotatable bonds is 7. The molecule has 0 spiro atoms. The number of halogens is 6. The van der Waals surface area contributed by atoms with Gasteiger partial charge in [-0.25, -0.2) is 13.2 Å². The SMILES string of the molecule is O=C(OC(C(F)(F)F)C(F)(F)F)N1CCC(CN(c2nsnc2Cc2ccccc2)[SH](=O)=O)CC1. The fraction of sp³-hybridized carbons (Fsp3) is 0.526. The van der Waals surface area contributed by atoms with Crippen molar-refractivity contribution in [2.45, 2.75) is 37.7 Å². The van der Waals surface area contributed by atoms with Crippen LogP contribution in [-0.2, 0) is 22.0 Å². The Morgan fingerprint density at radius 1 is 1.09 bits per heavy atom. The molecule has 16 heteroatoms. The lowest BCUT2D eigenvalue weighted by atomic mass is 9.97. The van der Waals surface area contributed by atoms with Crippen LogP contribution < -0.4 is 4.31 Å². The van der Waals surface area contributed by atoms with E-state index in [2.05, 4.69) is 13.5 Å². The number of hydrogen-bond donors (Lipinski definition) is 1. The van der Waals surface area contributed by atoms with E-state index in [1.807, 2.05) is 30.3 Å². The summed E-state index contributed by atoms with van der Waals surface area (Å²) in [5.74, 6) is -0.158. The molecule has 0 saturated carbocycles. The second-order valence-corrected chi connectivity index (χ2v) is 9.28. The lowest BCUT2D eigenvalue weighted by Gasteiger charge is -2.34. The Morgan fingerprint density at radius 2 is 1.69 bits per heavy atom. The number of piperidine rings is 1. The van der Waals surface area contributed by atoms with Crippen LogP contribution in [0.5, 0.6) is 0 Å². The van der Waals surface area contributed by atoms with Crippen molar-refractivity contribution in [3.63, 3.8) is 0 Å². The molecule has 35 heavy (non-hydrogen) atoms. The van der Waals surface area contributed by atoms with Gasteiger partial charge >= 0.3 is 18.4 Å². The molecule has 1 saturated heterocycles. The van der Waals surface area contributed by atoms with Crippen LogP contribution in [0.25, 0.3) is 0 Å². The highest BCUT2D eigenvalue weighted by Gasteiger charge is 2.60. The molecule has 1 fully saturated rings. The average molecular weight is 547 g/mol. The molecule has 1 aromatic heterocycles.